The van der Waals surface area contributed by atoms with Gasteiger partial charge in [0.15, 0.2) is 0 Å². The third-order valence-electron chi connectivity index (χ3n) is 3.80. The van der Waals surface area contributed by atoms with Crippen LogP contribution < -0.4 is 10.1 Å². The summed E-state index contributed by atoms with van der Waals surface area (Å²) in [5, 5.41) is 2.71. The molecule has 0 bridgehead atoms. The molecule has 1 aliphatic rings. The summed E-state index contributed by atoms with van der Waals surface area (Å²) in [5.41, 5.74) is 0.531. The van der Waals surface area contributed by atoms with Crippen molar-refractivity contribution in [3.05, 3.63) is 24.3 Å². The van der Waals surface area contributed by atoms with Crippen molar-refractivity contribution >= 4 is 11.6 Å². The zero-order valence-corrected chi connectivity index (χ0v) is 13.0. The summed E-state index contributed by atoms with van der Waals surface area (Å²) in [4.78, 5) is 13.7. The van der Waals surface area contributed by atoms with Gasteiger partial charge in [0, 0.05) is 6.54 Å². The van der Waals surface area contributed by atoms with Crippen molar-refractivity contribution in [3.63, 3.8) is 0 Å². The normalized spacial score (nSPS) is 19.4. The van der Waals surface area contributed by atoms with E-state index in [9.17, 15) is 18.0 Å². The molecule has 4 nitrogen and oxygen atoms in total. The number of hydrogen-bond donors (Lipinski definition) is 1. The number of carbonyl (C=O) groups is 1. The van der Waals surface area contributed by atoms with E-state index in [-0.39, 0.29) is 25.4 Å². The Labute approximate surface area is 133 Å². The molecule has 0 radical (unpaired) electrons. The van der Waals surface area contributed by atoms with Crippen LogP contribution in [0.4, 0.5) is 18.9 Å². The number of nitrogens with one attached hydrogen (secondary N) is 1. The lowest BCUT2D eigenvalue weighted by Gasteiger charge is -2.33. The fourth-order valence-electron chi connectivity index (χ4n) is 2.71. The molecule has 1 atom stereocenters. The molecule has 1 fully saturated rings. The van der Waals surface area contributed by atoms with Gasteiger partial charge in [-0.15, -0.1) is 0 Å². The van der Waals surface area contributed by atoms with E-state index in [4.69, 9.17) is 4.74 Å². The van der Waals surface area contributed by atoms with Gasteiger partial charge in [0.2, 0.25) is 5.91 Å². The molecule has 128 valence electrons. The van der Waals surface area contributed by atoms with Gasteiger partial charge in [-0.1, -0.05) is 12.1 Å². The van der Waals surface area contributed by atoms with Gasteiger partial charge in [-0.2, -0.15) is 13.2 Å². The predicted octanol–water partition coefficient (Wildman–Crippen LogP) is 3.30. The highest BCUT2D eigenvalue weighted by molar-refractivity contribution is 5.93. The first-order valence-electron chi connectivity index (χ1n) is 7.71. The molecule has 1 heterocycles. The number of rotatable bonds is 5. The molecule has 0 aromatic heterocycles. The average Bonchev–Trinajstić information content (AvgIpc) is 2.49. The summed E-state index contributed by atoms with van der Waals surface area (Å²) in [6.07, 6.45) is -3.61. The quantitative estimate of drug-likeness (QED) is 0.901. The fraction of sp³-hybridized carbons (Fsp3) is 0.562. The first kappa shape index (κ1) is 17.6. The van der Waals surface area contributed by atoms with Gasteiger partial charge in [-0.05, 0) is 38.4 Å². The van der Waals surface area contributed by atoms with E-state index in [1.165, 1.54) is 0 Å². The molecular weight excluding hydrogens is 309 g/mol. The minimum atomic E-state index is -4.20. The maximum absolute atomic E-state index is 12.8. The van der Waals surface area contributed by atoms with E-state index >= 15 is 0 Å². The van der Waals surface area contributed by atoms with Crippen molar-refractivity contribution in [2.75, 3.05) is 31.6 Å². The topological polar surface area (TPSA) is 41.6 Å². The lowest BCUT2D eigenvalue weighted by atomic mass is 9.97. The molecule has 1 aliphatic heterocycles. The minimum Gasteiger partial charge on any atom is -0.492 e. The number of hydrogen-bond acceptors (Lipinski definition) is 3. The summed E-state index contributed by atoms with van der Waals surface area (Å²) in [7, 11) is 0. The van der Waals surface area contributed by atoms with Crippen LogP contribution in [0.15, 0.2) is 24.3 Å². The van der Waals surface area contributed by atoms with Crippen LogP contribution in [-0.2, 0) is 4.79 Å². The number of piperidine rings is 1. The predicted molar refractivity (Wildman–Crippen MR) is 81.5 cm³/mol. The number of carbonyl (C=O) groups excluding carboxylic acids is 1. The maximum Gasteiger partial charge on any atom is 0.393 e. The van der Waals surface area contributed by atoms with Gasteiger partial charge in [0.05, 0.1) is 24.8 Å². The van der Waals surface area contributed by atoms with Crippen LogP contribution in [0.1, 0.15) is 19.8 Å². The Balaban J connectivity index is 1.92. The highest BCUT2D eigenvalue weighted by Gasteiger charge is 2.41. The van der Waals surface area contributed by atoms with E-state index in [0.29, 0.717) is 31.0 Å². The highest BCUT2D eigenvalue weighted by Crippen LogP contribution is 2.33. The van der Waals surface area contributed by atoms with E-state index in [1.807, 2.05) is 6.92 Å². The molecule has 7 heteroatoms. The number of amides is 1. The van der Waals surface area contributed by atoms with Crippen molar-refractivity contribution in [1.82, 2.24) is 4.90 Å². The number of likely N-dealkylation sites (tertiary alicyclic amines) is 1. The average molecular weight is 330 g/mol. The van der Waals surface area contributed by atoms with Crippen LogP contribution in [0.25, 0.3) is 0 Å². The Morgan fingerprint density at radius 2 is 2.13 bits per heavy atom. The van der Waals surface area contributed by atoms with Crippen LogP contribution >= 0.6 is 0 Å². The Morgan fingerprint density at radius 3 is 2.83 bits per heavy atom. The van der Waals surface area contributed by atoms with Crippen LogP contribution in [0, 0.1) is 5.92 Å². The summed E-state index contributed by atoms with van der Waals surface area (Å²) >= 11 is 0. The van der Waals surface area contributed by atoms with Crippen molar-refractivity contribution in [2.45, 2.75) is 25.9 Å². The van der Waals surface area contributed by atoms with E-state index in [1.54, 1.807) is 29.2 Å². The Hall–Kier alpha value is -1.76. The fourth-order valence-corrected chi connectivity index (χ4v) is 2.71. The van der Waals surface area contributed by atoms with Gasteiger partial charge >= 0.3 is 6.18 Å². The summed E-state index contributed by atoms with van der Waals surface area (Å²) in [6.45, 7) is 2.64. The van der Waals surface area contributed by atoms with Crippen LogP contribution in [0.2, 0.25) is 0 Å². The second-order valence-corrected chi connectivity index (χ2v) is 5.59. The molecule has 0 spiro atoms. The first-order chi connectivity index (χ1) is 10.9. The second kappa shape index (κ2) is 7.68. The Kier molecular flexibility index (Phi) is 5.87. The van der Waals surface area contributed by atoms with Crippen LogP contribution in [0.5, 0.6) is 5.75 Å². The van der Waals surface area contributed by atoms with Gasteiger partial charge in [0.25, 0.3) is 0 Å². The van der Waals surface area contributed by atoms with Gasteiger partial charge in [0.1, 0.15) is 5.75 Å². The number of halogens is 3. The number of benzene rings is 1. The smallest absolute Gasteiger partial charge is 0.393 e. The molecule has 0 aliphatic carbocycles. The molecule has 1 N–H and O–H groups in total. The lowest BCUT2D eigenvalue weighted by molar-refractivity contribution is -0.186. The van der Waals surface area contributed by atoms with E-state index in [2.05, 4.69) is 5.32 Å². The summed E-state index contributed by atoms with van der Waals surface area (Å²) < 4.78 is 43.8. The number of nitrogens with zero attached hydrogens (tertiary/aromatic N) is 1. The van der Waals surface area contributed by atoms with E-state index < -0.39 is 12.1 Å². The molecule has 1 aromatic rings. The second-order valence-electron chi connectivity index (χ2n) is 5.59. The van der Waals surface area contributed by atoms with Crippen molar-refractivity contribution in [2.24, 2.45) is 5.92 Å². The third kappa shape index (κ3) is 5.13. The van der Waals surface area contributed by atoms with Gasteiger partial charge < -0.3 is 10.1 Å². The molecule has 0 saturated carbocycles. The lowest BCUT2D eigenvalue weighted by Crippen LogP contribution is -2.44. The summed E-state index contributed by atoms with van der Waals surface area (Å²) in [5.74, 6) is -1.13. The number of ether oxygens (including phenoxy) is 1. The van der Waals surface area contributed by atoms with Crippen molar-refractivity contribution in [3.8, 4) is 5.75 Å². The standard InChI is InChI=1S/C16H21F3N2O2/c1-2-23-14-8-4-3-7-13(14)20-15(22)11-21-9-5-6-12(10-21)16(17,18)19/h3-4,7-8,12H,2,5-6,9-11H2,1H3,(H,20,22). The summed E-state index contributed by atoms with van der Waals surface area (Å²) in [6, 6.07) is 7.00. The molecule has 1 unspecified atom stereocenters. The molecule has 2 rings (SSSR count). The maximum atomic E-state index is 12.8. The largest absolute Gasteiger partial charge is 0.492 e. The highest BCUT2D eigenvalue weighted by atomic mass is 19.4. The Morgan fingerprint density at radius 1 is 1.39 bits per heavy atom. The van der Waals surface area contributed by atoms with Crippen LogP contribution in [0.3, 0.4) is 0 Å². The first-order valence-corrected chi connectivity index (χ1v) is 7.71. The number of para-hydroxylation sites is 2. The zero-order chi connectivity index (χ0) is 16.9. The molecular formula is C16H21F3N2O2. The van der Waals surface area contributed by atoms with Crippen molar-refractivity contribution in [1.29, 1.82) is 0 Å². The minimum absolute atomic E-state index is 0.0486. The third-order valence-corrected chi connectivity index (χ3v) is 3.80. The van der Waals surface area contributed by atoms with Gasteiger partial charge in [-0.25, -0.2) is 0 Å². The molecule has 1 amide bonds. The number of anilines is 1. The Bertz CT molecular complexity index is 534. The van der Waals surface area contributed by atoms with Gasteiger partial charge in [-0.3, -0.25) is 9.69 Å². The number of alkyl halides is 3. The van der Waals surface area contributed by atoms with Crippen molar-refractivity contribution < 1.29 is 22.7 Å². The SMILES string of the molecule is CCOc1ccccc1NC(=O)CN1CCCC(C(F)(F)F)C1. The molecule has 1 aromatic carbocycles. The van der Waals surface area contributed by atoms with E-state index in [0.717, 1.165) is 0 Å². The molecule has 1 saturated heterocycles. The van der Waals surface area contributed by atoms with Crippen LogP contribution in [-0.4, -0.2) is 43.2 Å². The molecule has 23 heavy (non-hydrogen) atoms. The monoisotopic (exact) mass is 330 g/mol. The zero-order valence-electron chi connectivity index (χ0n) is 13.0.